The smallest absolute Gasteiger partial charge is 0.264 e. The van der Waals surface area contributed by atoms with Crippen molar-refractivity contribution in [2.24, 2.45) is 0 Å². The number of carbonyl (C=O) groups is 1. The lowest BCUT2D eigenvalue weighted by atomic mass is 10.1. The van der Waals surface area contributed by atoms with Gasteiger partial charge in [0.2, 0.25) is 6.10 Å². The minimum absolute atomic E-state index is 0.136. The molecule has 1 aliphatic heterocycles. The first kappa shape index (κ1) is 19.8. The molecule has 1 amide bonds. The second-order valence-corrected chi connectivity index (χ2v) is 7.37. The summed E-state index contributed by atoms with van der Waals surface area (Å²) in [5, 5.41) is 7.60. The molecular formula is C25H20FN3O3. The molecule has 0 saturated heterocycles. The number of halogens is 1. The highest BCUT2D eigenvalue weighted by atomic mass is 19.1. The van der Waals surface area contributed by atoms with Crippen LogP contribution in [0.2, 0.25) is 0 Å². The zero-order valence-electron chi connectivity index (χ0n) is 17.1. The maximum Gasteiger partial charge on any atom is 0.264 e. The minimum Gasteiger partial charge on any atom is -0.485 e. The molecule has 6 nitrogen and oxygen atoms in total. The average Bonchev–Trinajstić information content (AvgIpc) is 3.27. The average molecular weight is 429 g/mol. The lowest BCUT2D eigenvalue weighted by molar-refractivity contribution is -0.130. The van der Waals surface area contributed by atoms with Crippen molar-refractivity contribution in [2.45, 2.75) is 12.6 Å². The van der Waals surface area contributed by atoms with Gasteiger partial charge in [-0.05, 0) is 48.5 Å². The van der Waals surface area contributed by atoms with E-state index >= 15 is 0 Å². The quantitative estimate of drug-likeness (QED) is 0.518. The fraction of sp³-hybridized carbons (Fsp3) is 0.120. The molecule has 5 rings (SSSR count). The van der Waals surface area contributed by atoms with Crippen molar-refractivity contribution in [2.75, 3.05) is 6.61 Å². The monoisotopic (exact) mass is 429 g/mol. The Morgan fingerprint density at radius 2 is 1.72 bits per heavy atom. The van der Waals surface area contributed by atoms with Gasteiger partial charge < -0.3 is 14.8 Å². The van der Waals surface area contributed by atoms with E-state index in [1.165, 1.54) is 12.1 Å². The molecule has 0 radical (unpaired) electrons. The number of aromatic nitrogens is 2. The van der Waals surface area contributed by atoms with Gasteiger partial charge in [-0.1, -0.05) is 30.3 Å². The molecular weight excluding hydrogens is 409 g/mol. The van der Waals surface area contributed by atoms with Crippen LogP contribution in [-0.2, 0) is 11.3 Å². The normalized spacial score (nSPS) is 14.7. The number of hydrogen-bond acceptors (Lipinski definition) is 4. The van der Waals surface area contributed by atoms with Crippen LogP contribution in [0.1, 0.15) is 5.56 Å². The molecule has 1 N–H and O–H groups in total. The molecule has 1 aromatic heterocycles. The topological polar surface area (TPSA) is 65.4 Å². The van der Waals surface area contributed by atoms with E-state index in [9.17, 15) is 9.18 Å². The Kier molecular flexibility index (Phi) is 5.29. The number of amides is 1. The highest BCUT2D eigenvalue weighted by Crippen LogP contribution is 2.31. The van der Waals surface area contributed by atoms with Crippen LogP contribution in [0.25, 0.3) is 16.9 Å². The van der Waals surface area contributed by atoms with Crippen molar-refractivity contribution in [1.29, 1.82) is 0 Å². The second kappa shape index (κ2) is 8.55. The molecule has 4 aromatic rings. The van der Waals surface area contributed by atoms with Gasteiger partial charge in [-0.3, -0.25) is 4.79 Å². The van der Waals surface area contributed by atoms with E-state index in [4.69, 9.17) is 9.47 Å². The zero-order chi connectivity index (χ0) is 21.9. The van der Waals surface area contributed by atoms with Crippen LogP contribution >= 0.6 is 0 Å². The third-order valence-corrected chi connectivity index (χ3v) is 5.18. The van der Waals surface area contributed by atoms with Crippen molar-refractivity contribution in [1.82, 2.24) is 15.1 Å². The van der Waals surface area contributed by atoms with Gasteiger partial charge in [0.25, 0.3) is 5.91 Å². The van der Waals surface area contributed by atoms with Crippen LogP contribution in [0, 0.1) is 5.82 Å². The summed E-state index contributed by atoms with van der Waals surface area (Å²) in [6.07, 6.45) is 1.12. The fourth-order valence-electron chi connectivity index (χ4n) is 3.55. The van der Waals surface area contributed by atoms with E-state index in [-0.39, 0.29) is 24.9 Å². The van der Waals surface area contributed by atoms with Crippen LogP contribution in [-0.4, -0.2) is 28.4 Å². The summed E-state index contributed by atoms with van der Waals surface area (Å²) in [6, 6.07) is 23.0. The standard InChI is InChI=1S/C25H20FN3O3/c26-19-12-10-17(11-13-19)24-18(15-29(28-24)20-6-2-1-3-7-20)14-27-25(30)23-16-31-21-8-4-5-9-22(21)32-23/h1-13,15,23H,14,16H2,(H,27,30)/t23-/m0/s1. The molecule has 1 atom stereocenters. The molecule has 0 aliphatic carbocycles. The predicted molar refractivity (Wildman–Crippen MR) is 117 cm³/mol. The van der Waals surface area contributed by atoms with Gasteiger partial charge in [-0.2, -0.15) is 5.10 Å². The van der Waals surface area contributed by atoms with Crippen molar-refractivity contribution in [3.8, 4) is 28.4 Å². The van der Waals surface area contributed by atoms with E-state index in [0.717, 1.165) is 16.8 Å². The Balaban J connectivity index is 1.37. The first-order valence-electron chi connectivity index (χ1n) is 10.2. The van der Waals surface area contributed by atoms with Gasteiger partial charge >= 0.3 is 0 Å². The molecule has 3 aromatic carbocycles. The molecule has 2 heterocycles. The number of ether oxygens (including phenoxy) is 2. The first-order valence-corrected chi connectivity index (χ1v) is 10.2. The molecule has 7 heteroatoms. The molecule has 0 spiro atoms. The van der Waals surface area contributed by atoms with Crippen LogP contribution in [0.3, 0.4) is 0 Å². The fourth-order valence-corrected chi connectivity index (χ4v) is 3.55. The molecule has 0 unspecified atom stereocenters. The van der Waals surface area contributed by atoms with Crippen molar-refractivity contribution in [3.05, 3.63) is 96.4 Å². The molecule has 160 valence electrons. The Bertz CT molecular complexity index is 1240. The number of carbonyl (C=O) groups excluding carboxylic acids is 1. The first-order chi connectivity index (χ1) is 15.7. The van der Waals surface area contributed by atoms with E-state index in [0.29, 0.717) is 17.2 Å². The number of nitrogens with one attached hydrogen (secondary N) is 1. The van der Waals surface area contributed by atoms with Gasteiger partial charge in [0.15, 0.2) is 11.5 Å². The number of rotatable bonds is 5. The second-order valence-electron chi connectivity index (χ2n) is 7.37. The highest BCUT2D eigenvalue weighted by molar-refractivity contribution is 5.82. The van der Waals surface area contributed by atoms with Gasteiger partial charge in [0.1, 0.15) is 12.4 Å². The highest BCUT2D eigenvalue weighted by Gasteiger charge is 2.27. The number of benzene rings is 3. The molecule has 0 saturated carbocycles. The lowest BCUT2D eigenvalue weighted by Gasteiger charge is -2.25. The number of nitrogens with zero attached hydrogens (tertiary/aromatic N) is 2. The largest absolute Gasteiger partial charge is 0.485 e. The molecule has 1 aliphatic rings. The van der Waals surface area contributed by atoms with Gasteiger partial charge in [0.05, 0.1) is 11.4 Å². The zero-order valence-corrected chi connectivity index (χ0v) is 17.1. The molecule has 0 bridgehead atoms. The van der Waals surface area contributed by atoms with E-state index in [1.54, 1.807) is 28.9 Å². The van der Waals surface area contributed by atoms with Gasteiger partial charge in [-0.25, -0.2) is 9.07 Å². The van der Waals surface area contributed by atoms with Crippen molar-refractivity contribution >= 4 is 5.91 Å². The van der Waals surface area contributed by atoms with Crippen LogP contribution < -0.4 is 14.8 Å². The minimum atomic E-state index is -0.747. The maximum absolute atomic E-state index is 13.4. The summed E-state index contributed by atoms with van der Waals surface area (Å²) < 4.78 is 26.6. The van der Waals surface area contributed by atoms with Crippen molar-refractivity contribution < 1.29 is 18.7 Å². The van der Waals surface area contributed by atoms with Gasteiger partial charge in [-0.15, -0.1) is 0 Å². The van der Waals surface area contributed by atoms with Crippen molar-refractivity contribution in [3.63, 3.8) is 0 Å². The van der Waals surface area contributed by atoms with Crippen LogP contribution in [0.4, 0.5) is 4.39 Å². The summed E-state index contributed by atoms with van der Waals surface area (Å²) in [7, 11) is 0. The van der Waals surface area contributed by atoms with E-state index in [2.05, 4.69) is 10.4 Å². The summed E-state index contributed by atoms with van der Waals surface area (Å²) in [4.78, 5) is 12.8. The number of hydrogen-bond donors (Lipinski definition) is 1. The van der Waals surface area contributed by atoms with E-state index in [1.807, 2.05) is 48.7 Å². The summed E-state index contributed by atoms with van der Waals surface area (Å²) in [5.74, 6) is 0.569. The molecule has 0 fully saturated rings. The lowest BCUT2D eigenvalue weighted by Crippen LogP contribution is -2.43. The maximum atomic E-state index is 13.4. The number of fused-ring (bicyclic) bond motifs is 1. The number of para-hydroxylation sites is 3. The van der Waals surface area contributed by atoms with Crippen LogP contribution in [0.5, 0.6) is 11.5 Å². The summed E-state index contributed by atoms with van der Waals surface area (Å²) >= 11 is 0. The Morgan fingerprint density at radius 1 is 1.00 bits per heavy atom. The van der Waals surface area contributed by atoms with Gasteiger partial charge in [0, 0.05) is 23.9 Å². The molecule has 32 heavy (non-hydrogen) atoms. The Morgan fingerprint density at radius 3 is 2.50 bits per heavy atom. The predicted octanol–water partition coefficient (Wildman–Crippen LogP) is 4.13. The Hall–Kier alpha value is -4.13. The summed E-state index contributed by atoms with van der Waals surface area (Å²) in [6.45, 7) is 0.372. The Labute approximate surface area is 184 Å². The third kappa shape index (κ3) is 4.05. The third-order valence-electron chi connectivity index (χ3n) is 5.18. The SMILES string of the molecule is O=C(NCc1cn(-c2ccccc2)nc1-c1ccc(F)cc1)[C@@H]1COc2ccccc2O1. The van der Waals surface area contributed by atoms with Crippen LogP contribution in [0.15, 0.2) is 85.1 Å². The summed E-state index contributed by atoms with van der Waals surface area (Å²) in [5.41, 5.74) is 3.11. The van der Waals surface area contributed by atoms with E-state index < -0.39 is 6.10 Å².